The average Bonchev–Trinajstić information content (AvgIpc) is 3.21. The summed E-state index contributed by atoms with van der Waals surface area (Å²) in [7, 11) is 0. The number of benzene rings is 2. The predicted molar refractivity (Wildman–Crippen MR) is 112 cm³/mol. The van der Waals surface area contributed by atoms with Gasteiger partial charge in [-0.1, -0.05) is 55.3 Å². The van der Waals surface area contributed by atoms with Crippen molar-refractivity contribution in [1.82, 2.24) is 5.32 Å². The number of para-hydroxylation sites is 1. The van der Waals surface area contributed by atoms with Crippen LogP contribution in [-0.2, 0) is 11.2 Å². The van der Waals surface area contributed by atoms with E-state index in [1.807, 2.05) is 42.5 Å². The lowest BCUT2D eigenvalue weighted by atomic mass is 10.1. The van der Waals surface area contributed by atoms with Crippen molar-refractivity contribution in [2.24, 2.45) is 0 Å². The van der Waals surface area contributed by atoms with Crippen LogP contribution >= 0.6 is 11.8 Å². The van der Waals surface area contributed by atoms with Gasteiger partial charge in [-0.25, -0.2) is 0 Å². The van der Waals surface area contributed by atoms with Gasteiger partial charge in [-0.05, 0) is 37.0 Å². The SMILES string of the molecule is O=C(CSC1CCCC1)Nc1ccccc1C(=O)NCCc1ccccc1. The first-order valence-electron chi connectivity index (χ1n) is 9.55. The summed E-state index contributed by atoms with van der Waals surface area (Å²) in [6.07, 6.45) is 5.73. The number of amides is 2. The fourth-order valence-electron chi connectivity index (χ4n) is 3.29. The molecule has 0 aromatic heterocycles. The highest BCUT2D eigenvalue weighted by Crippen LogP contribution is 2.29. The Kier molecular flexibility index (Phi) is 7.34. The number of hydrogen-bond acceptors (Lipinski definition) is 3. The van der Waals surface area contributed by atoms with Crippen molar-refractivity contribution in [1.29, 1.82) is 0 Å². The summed E-state index contributed by atoms with van der Waals surface area (Å²) in [5, 5.41) is 6.45. The molecule has 27 heavy (non-hydrogen) atoms. The number of thioether (sulfide) groups is 1. The van der Waals surface area contributed by atoms with Gasteiger partial charge in [-0.2, -0.15) is 0 Å². The Balaban J connectivity index is 1.51. The first-order valence-corrected chi connectivity index (χ1v) is 10.6. The van der Waals surface area contributed by atoms with E-state index in [1.54, 1.807) is 23.9 Å². The molecule has 1 fully saturated rings. The van der Waals surface area contributed by atoms with Crippen LogP contribution in [0, 0.1) is 0 Å². The highest BCUT2D eigenvalue weighted by Gasteiger charge is 2.18. The molecule has 0 bridgehead atoms. The monoisotopic (exact) mass is 382 g/mol. The van der Waals surface area contributed by atoms with Crippen molar-refractivity contribution in [3.63, 3.8) is 0 Å². The Morgan fingerprint density at radius 2 is 1.67 bits per heavy atom. The molecular formula is C22H26N2O2S. The quantitative estimate of drug-likeness (QED) is 0.717. The highest BCUT2D eigenvalue weighted by atomic mass is 32.2. The molecule has 2 aromatic rings. The Labute approximate surface area is 165 Å². The van der Waals surface area contributed by atoms with Crippen LogP contribution < -0.4 is 10.6 Å². The van der Waals surface area contributed by atoms with E-state index in [4.69, 9.17) is 0 Å². The number of anilines is 1. The van der Waals surface area contributed by atoms with Crippen LogP contribution in [0.1, 0.15) is 41.6 Å². The van der Waals surface area contributed by atoms with Crippen molar-refractivity contribution in [3.05, 3.63) is 65.7 Å². The molecule has 1 aliphatic carbocycles. The minimum atomic E-state index is -0.162. The fraction of sp³-hybridized carbons (Fsp3) is 0.364. The van der Waals surface area contributed by atoms with Crippen molar-refractivity contribution in [2.75, 3.05) is 17.6 Å². The van der Waals surface area contributed by atoms with Gasteiger partial charge in [-0.3, -0.25) is 9.59 Å². The van der Waals surface area contributed by atoms with Crippen molar-refractivity contribution >= 4 is 29.3 Å². The summed E-state index contributed by atoms with van der Waals surface area (Å²) in [6, 6.07) is 17.2. The standard InChI is InChI=1S/C22H26N2O2S/c25-21(16-27-18-10-4-5-11-18)24-20-13-7-6-12-19(20)22(26)23-15-14-17-8-2-1-3-9-17/h1-3,6-9,12-13,18H,4-5,10-11,14-16H2,(H,23,26)(H,24,25). The average molecular weight is 383 g/mol. The van der Waals surface area contributed by atoms with Crippen LogP contribution in [0.4, 0.5) is 5.69 Å². The van der Waals surface area contributed by atoms with Crippen LogP contribution in [0.25, 0.3) is 0 Å². The summed E-state index contributed by atoms with van der Waals surface area (Å²) in [4.78, 5) is 24.8. The molecule has 0 atom stereocenters. The second-order valence-corrected chi connectivity index (χ2v) is 8.09. The van der Waals surface area contributed by atoms with Crippen LogP contribution in [0.2, 0.25) is 0 Å². The van der Waals surface area contributed by atoms with Gasteiger partial charge in [0.25, 0.3) is 5.91 Å². The third-order valence-electron chi connectivity index (χ3n) is 4.74. The van der Waals surface area contributed by atoms with Crippen LogP contribution in [-0.4, -0.2) is 29.4 Å². The Morgan fingerprint density at radius 1 is 0.963 bits per heavy atom. The Bertz CT molecular complexity index is 758. The molecule has 1 saturated carbocycles. The number of nitrogens with one attached hydrogen (secondary N) is 2. The minimum Gasteiger partial charge on any atom is -0.352 e. The first-order chi connectivity index (χ1) is 13.2. The molecule has 2 aromatic carbocycles. The van der Waals surface area contributed by atoms with E-state index in [0.29, 0.717) is 28.8 Å². The minimum absolute atomic E-state index is 0.0450. The van der Waals surface area contributed by atoms with Crippen molar-refractivity contribution in [3.8, 4) is 0 Å². The summed E-state index contributed by atoms with van der Waals surface area (Å²) in [5.74, 6) is 0.232. The molecule has 5 heteroatoms. The van der Waals surface area contributed by atoms with Gasteiger partial charge in [0.2, 0.25) is 5.91 Å². The lowest BCUT2D eigenvalue weighted by Gasteiger charge is -2.12. The number of carbonyl (C=O) groups is 2. The van der Waals surface area contributed by atoms with E-state index in [9.17, 15) is 9.59 Å². The molecule has 2 amide bonds. The van der Waals surface area contributed by atoms with Gasteiger partial charge in [0.05, 0.1) is 17.0 Å². The lowest BCUT2D eigenvalue weighted by Crippen LogP contribution is -2.27. The van der Waals surface area contributed by atoms with Gasteiger partial charge >= 0.3 is 0 Å². The zero-order valence-corrected chi connectivity index (χ0v) is 16.3. The van der Waals surface area contributed by atoms with Crippen LogP contribution in [0.15, 0.2) is 54.6 Å². The molecule has 0 radical (unpaired) electrons. The molecule has 0 aliphatic heterocycles. The summed E-state index contributed by atoms with van der Waals surface area (Å²) in [6.45, 7) is 0.558. The first kappa shape index (κ1) is 19.5. The van der Waals surface area contributed by atoms with E-state index in [1.165, 1.54) is 31.2 Å². The topological polar surface area (TPSA) is 58.2 Å². The van der Waals surface area contributed by atoms with Gasteiger partial charge in [0.15, 0.2) is 0 Å². The molecule has 1 aliphatic rings. The maximum Gasteiger partial charge on any atom is 0.253 e. The largest absolute Gasteiger partial charge is 0.352 e. The van der Waals surface area contributed by atoms with Crippen LogP contribution in [0.5, 0.6) is 0 Å². The summed E-state index contributed by atoms with van der Waals surface area (Å²) in [5.41, 5.74) is 2.26. The maximum absolute atomic E-state index is 12.5. The lowest BCUT2D eigenvalue weighted by molar-refractivity contribution is -0.113. The zero-order chi connectivity index (χ0) is 18.9. The zero-order valence-electron chi connectivity index (χ0n) is 15.4. The molecule has 0 heterocycles. The van der Waals surface area contributed by atoms with E-state index in [2.05, 4.69) is 10.6 Å². The number of carbonyl (C=O) groups excluding carboxylic acids is 2. The van der Waals surface area contributed by atoms with Crippen molar-refractivity contribution in [2.45, 2.75) is 37.4 Å². The summed E-state index contributed by atoms with van der Waals surface area (Å²) < 4.78 is 0. The Hall–Kier alpha value is -2.27. The highest BCUT2D eigenvalue weighted by molar-refractivity contribution is 8.00. The molecule has 0 saturated heterocycles. The van der Waals surface area contributed by atoms with E-state index < -0.39 is 0 Å². The molecule has 4 nitrogen and oxygen atoms in total. The summed E-state index contributed by atoms with van der Waals surface area (Å²) >= 11 is 1.72. The Morgan fingerprint density at radius 3 is 2.44 bits per heavy atom. The second kappa shape index (κ2) is 10.2. The molecular weight excluding hydrogens is 356 g/mol. The van der Waals surface area contributed by atoms with Crippen molar-refractivity contribution < 1.29 is 9.59 Å². The molecule has 0 spiro atoms. The van der Waals surface area contributed by atoms with E-state index in [0.717, 1.165) is 6.42 Å². The van der Waals surface area contributed by atoms with Gasteiger partial charge in [0.1, 0.15) is 0 Å². The molecule has 3 rings (SSSR count). The second-order valence-electron chi connectivity index (χ2n) is 6.80. The predicted octanol–water partition coefficient (Wildman–Crippen LogP) is 4.27. The molecule has 2 N–H and O–H groups in total. The van der Waals surface area contributed by atoms with Gasteiger partial charge in [-0.15, -0.1) is 11.8 Å². The fourth-order valence-corrected chi connectivity index (χ4v) is 4.41. The third-order valence-corrected chi connectivity index (χ3v) is 6.11. The van der Waals surface area contributed by atoms with E-state index >= 15 is 0 Å². The van der Waals surface area contributed by atoms with Crippen LogP contribution in [0.3, 0.4) is 0 Å². The number of rotatable bonds is 8. The third kappa shape index (κ3) is 6.14. The smallest absolute Gasteiger partial charge is 0.253 e. The normalized spacial score (nSPS) is 14.1. The molecule has 0 unspecified atom stereocenters. The van der Waals surface area contributed by atoms with E-state index in [-0.39, 0.29) is 11.8 Å². The maximum atomic E-state index is 12.5. The van der Waals surface area contributed by atoms with Gasteiger partial charge in [0, 0.05) is 11.8 Å². The molecule has 142 valence electrons. The van der Waals surface area contributed by atoms with Gasteiger partial charge < -0.3 is 10.6 Å². The number of hydrogen-bond donors (Lipinski definition) is 2.